The Labute approximate surface area is 159 Å². The van der Waals surface area contributed by atoms with E-state index in [2.05, 4.69) is 33.4 Å². The van der Waals surface area contributed by atoms with Gasteiger partial charge in [0.1, 0.15) is 5.52 Å². The van der Waals surface area contributed by atoms with Crippen molar-refractivity contribution in [1.29, 1.82) is 0 Å². The smallest absolute Gasteiger partial charge is 0.223 e. The number of amides is 1. The molecule has 0 spiro atoms. The molecule has 3 aromatic rings. The van der Waals surface area contributed by atoms with Gasteiger partial charge < -0.3 is 10.2 Å². The van der Waals surface area contributed by atoms with E-state index in [0.29, 0.717) is 0 Å². The summed E-state index contributed by atoms with van der Waals surface area (Å²) in [6, 6.07) is 12.5. The van der Waals surface area contributed by atoms with Crippen LogP contribution in [0, 0.1) is 5.92 Å². The highest BCUT2D eigenvalue weighted by atomic mass is 16.1. The number of carbonyl (C=O) groups excluding carboxylic acids is 1. The van der Waals surface area contributed by atoms with Gasteiger partial charge in [-0.25, -0.2) is 9.50 Å². The predicted molar refractivity (Wildman–Crippen MR) is 107 cm³/mol. The molecule has 6 nitrogen and oxygen atoms in total. The molecule has 1 fully saturated rings. The van der Waals surface area contributed by atoms with Crippen LogP contribution < -0.4 is 10.2 Å². The molecular weight excluding hydrogens is 338 g/mol. The lowest BCUT2D eigenvalue weighted by Crippen LogP contribution is -2.42. The van der Waals surface area contributed by atoms with Crippen LogP contribution in [0.1, 0.15) is 26.7 Å². The van der Waals surface area contributed by atoms with Crippen LogP contribution in [-0.4, -0.2) is 39.6 Å². The molecule has 2 aromatic heterocycles. The monoisotopic (exact) mass is 363 g/mol. The first-order valence-electron chi connectivity index (χ1n) is 9.57. The van der Waals surface area contributed by atoms with E-state index in [9.17, 15) is 4.79 Å². The Bertz CT molecular complexity index is 926. The van der Waals surface area contributed by atoms with Crippen LogP contribution >= 0.6 is 0 Å². The Morgan fingerprint density at radius 2 is 1.93 bits per heavy atom. The largest absolute Gasteiger partial charge is 0.355 e. The van der Waals surface area contributed by atoms with Crippen LogP contribution in [0.2, 0.25) is 0 Å². The molecule has 27 heavy (non-hydrogen) atoms. The molecule has 1 saturated heterocycles. The molecule has 1 aromatic carbocycles. The number of fused-ring (bicyclic) bond motifs is 1. The summed E-state index contributed by atoms with van der Waals surface area (Å²) in [7, 11) is 0. The van der Waals surface area contributed by atoms with Crippen LogP contribution in [-0.2, 0) is 4.79 Å². The van der Waals surface area contributed by atoms with Gasteiger partial charge in [0.15, 0.2) is 5.82 Å². The van der Waals surface area contributed by atoms with Crippen molar-refractivity contribution in [2.24, 2.45) is 5.92 Å². The standard InChI is InChI=1S/C21H25N5O/c1-15(2)23-21(27)17-8-11-25(12-9-17)20-19-14-18(16-6-4-3-5-7-16)24-26(19)13-10-22-20/h3-7,10,13-15,17H,8-9,11-12H2,1-2H3,(H,23,27). The number of rotatable bonds is 4. The number of anilines is 1. The molecule has 0 unspecified atom stereocenters. The molecule has 3 heterocycles. The first-order chi connectivity index (χ1) is 13.1. The summed E-state index contributed by atoms with van der Waals surface area (Å²) in [5.41, 5.74) is 3.04. The van der Waals surface area contributed by atoms with Crippen LogP contribution in [0.3, 0.4) is 0 Å². The number of benzene rings is 1. The van der Waals surface area contributed by atoms with Crippen molar-refractivity contribution in [1.82, 2.24) is 19.9 Å². The van der Waals surface area contributed by atoms with Crippen molar-refractivity contribution < 1.29 is 4.79 Å². The van der Waals surface area contributed by atoms with E-state index in [-0.39, 0.29) is 17.9 Å². The van der Waals surface area contributed by atoms with Crippen molar-refractivity contribution in [2.75, 3.05) is 18.0 Å². The molecule has 0 radical (unpaired) electrons. The highest BCUT2D eigenvalue weighted by Gasteiger charge is 2.27. The van der Waals surface area contributed by atoms with Gasteiger partial charge in [-0.05, 0) is 32.8 Å². The summed E-state index contributed by atoms with van der Waals surface area (Å²) >= 11 is 0. The molecule has 0 atom stereocenters. The number of nitrogens with zero attached hydrogens (tertiary/aromatic N) is 4. The number of nitrogens with one attached hydrogen (secondary N) is 1. The highest BCUT2D eigenvalue weighted by molar-refractivity contribution is 5.80. The number of hydrogen-bond acceptors (Lipinski definition) is 4. The van der Waals surface area contributed by atoms with Crippen molar-refractivity contribution in [3.05, 3.63) is 48.8 Å². The summed E-state index contributed by atoms with van der Waals surface area (Å²) in [4.78, 5) is 19.2. The SMILES string of the molecule is CC(C)NC(=O)C1CCN(c2nccn3nc(-c4ccccc4)cc23)CC1. The zero-order chi connectivity index (χ0) is 18.8. The molecule has 6 heteroatoms. The molecule has 0 aliphatic carbocycles. The minimum atomic E-state index is 0.0909. The van der Waals surface area contributed by atoms with E-state index in [1.807, 2.05) is 42.8 Å². The molecule has 4 rings (SSSR count). The van der Waals surface area contributed by atoms with Gasteiger partial charge in [0.05, 0.1) is 5.69 Å². The van der Waals surface area contributed by atoms with Crippen LogP contribution in [0.25, 0.3) is 16.8 Å². The number of aromatic nitrogens is 3. The fourth-order valence-electron chi connectivity index (χ4n) is 3.66. The van der Waals surface area contributed by atoms with Gasteiger partial charge >= 0.3 is 0 Å². The molecule has 1 aliphatic rings. The van der Waals surface area contributed by atoms with Gasteiger partial charge in [0, 0.05) is 43.0 Å². The minimum absolute atomic E-state index is 0.0909. The fraction of sp³-hybridized carbons (Fsp3) is 0.381. The van der Waals surface area contributed by atoms with Gasteiger partial charge in [-0.3, -0.25) is 4.79 Å². The summed E-state index contributed by atoms with van der Waals surface area (Å²) in [6.45, 7) is 5.66. The minimum Gasteiger partial charge on any atom is -0.355 e. The van der Waals surface area contributed by atoms with Crippen molar-refractivity contribution >= 4 is 17.2 Å². The van der Waals surface area contributed by atoms with Crippen LogP contribution in [0.5, 0.6) is 0 Å². The van der Waals surface area contributed by atoms with Gasteiger partial charge in [-0.2, -0.15) is 5.10 Å². The molecule has 1 aliphatic heterocycles. The predicted octanol–water partition coefficient (Wildman–Crippen LogP) is 3.14. The number of piperidine rings is 1. The van der Waals surface area contributed by atoms with E-state index in [4.69, 9.17) is 5.10 Å². The maximum atomic E-state index is 12.3. The number of carbonyl (C=O) groups is 1. The third-order valence-electron chi connectivity index (χ3n) is 5.04. The zero-order valence-electron chi connectivity index (χ0n) is 15.8. The molecule has 1 amide bonds. The fourth-order valence-corrected chi connectivity index (χ4v) is 3.66. The molecular formula is C21H25N5O. The lowest BCUT2D eigenvalue weighted by atomic mass is 9.95. The Kier molecular flexibility index (Phi) is 4.79. The lowest BCUT2D eigenvalue weighted by molar-refractivity contribution is -0.126. The first kappa shape index (κ1) is 17.5. The molecule has 0 saturated carbocycles. The van der Waals surface area contributed by atoms with Gasteiger partial charge in [0.2, 0.25) is 5.91 Å². The van der Waals surface area contributed by atoms with Gasteiger partial charge in [-0.15, -0.1) is 0 Å². The maximum absolute atomic E-state index is 12.3. The second kappa shape index (κ2) is 7.39. The average molecular weight is 363 g/mol. The van der Waals surface area contributed by atoms with Crippen LogP contribution in [0.4, 0.5) is 5.82 Å². The second-order valence-corrected chi connectivity index (χ2v) is 7.40. The van der Waals surface area contributed by atoms with Gasteiger partial charge in [0.25, 0.3) is 0 Å². The van der Waals surface area contributed by atoms with Crippen LogP contribution in [0.15, 0.2) is 48.8 Å². The third kappa shape index (κ3) is 3.65. The highest BCUT2D eigenvalue weighted by Crippen LogP contribution is 2.28. The Hall–Kier alpha value is -2.89. The van der Waals surface area contributed by atoms with E-state index < -0.39 is 0 Å². The van der Waals surface area contributed by atoms with E-state index in [1.165, 1.54) is 0 Å². The van der Waals surface area contributed by atoms with Crippen molar-refractivity contribution in [3.8, 4) is 11.3 Å². The second-order valence-electron chi connectivity index (χ2n) is 7.40. The Balaban J connectivity index is 1.55. The molecule has 0 bridgehead atoms. The van der Waals surface area contributed by atoms with E-state index in [1.54, 1.807) is 6.20 Å². The summed E-state index contributed by atoms with van der Waals surface area (Å²) in [5, 5.41) is 7.73. The Morgan fingerprint density at radius 3 is 2.63 bits per heavy atom. The Morgan fingerprint density at radius 1 is 1.19 bits per heavy atom. The third-order valence-corrected chi connectivity index (χ3v) is 5.04. The first-order valence-corrected chi connectivity index (χ1v) is 9.57. The van der Waals surface area contributed by atoms with E-state index in [0.717, 1.165) is 48.5 Å². The average Bonchev–Trinajstić information content (AvgIpc) is 3.13. The molecule has 1 N–H and O–H groups in total. The van der Waals surface area contributed by atoms with Crippen molar-refractivity contribution in [2.45, 2.75) is 32.7 Å². The zero-order valence-corrected chi connectivity index (χ0v) is 15.8. The summed E-state index contributed by atoms with van der Waals surface area (Å²) < 4.78 is 1.89. The van der Waals surface area contributed by atoms with Gasteiger partial charge in [-0.1, -0.05) is 30.3 Å². The van der Waals surface area contributed by atoms with E-state index >= 15 is 0 Å². The number of hydrogen-bond donors (Lipinski definition) is 1. The van der Waals surface area contributed by atoms with Crippen molar-refractivity contribution in [3.63, 3.8) is 0 Å². The summed E-state index contributed by atoms with van der Waals surface area (Å²) in [6.07, 6.45) is 5.37. The lowest BCUT2D eigenvalue weighted by Gasteiger charge is -2.32. The quantitative estimate of drug-likeness (QED) is 0.774. The maximum Gasteiger partial charge on any atom is 0.223 e. The summed E-state index contributed by atoms with van der Waals surface area (Å²) in [5.74, 6) is 1.20. The topological polar surface area (TPSA) is 62.5 Å². The normalized spacial score (nSPS) is 15.4. The molecule has 140 valence electrons.